The number of aliphatic imine (C=N–C) groups is 1. The number of hydrogen-bond acceptors (Lipinski definition) is 3. The van der Waals surface area contributed by atoms with Gasteiger partial charge in [0.05, 0.1) is 0 Å². The number of carbonyl (C=O) groups excluding carboxylic acids is 1. The van der Waals surface area contributed by atoms with Gasteiger partial charge in [0.15, 0.2) is 5.96 Å². The molecule has 31 heavy (non-hydrogen) atoms. The summed E-state index contributed by atoms with van der Waals surface area (Å²) in [7, 11) is 1.83. The van der Waals surface area contributed by atoms with Crippen LogP contribution < -0.4 is 10.6 Å². The summed E-state index contributed by atoms with van der Waals surface area (Å²) in [5.74, 6) is 1.12. The van der Waals surface area contributed by atoms with E-state index in [9.17, 15) is 4.79 Å². The van der Waals surface area contributed by atoms with Gasteiger partial charge in [-0.1, -0.05) is 37.1 Å². The number of guanidine groups is 1. The highest BCUT2D eigenvalue weighted by Crippen LogP contribution is 2.26. The van der Waals surface area contributed by atoms with Crippen molar-refractivity contribution in [2.24, 2.45) is 4.99 Å². The van der Waals surface area contributed by atoms with Gasteiger partial charge in [0.2, 0.25) is 5.91 Å². The molecule has 2 fully saturated rings. The van der Waals surface area contributed by atoms with Crippen LogP contribution in [0.3, 0.4) is 0 Å². The van der Waals surface area contributed by atoms with Crippen LogP contribution in [0.5, 0.6) is 0 Å². The van der Waals surface area contributed by atoms with Crippen molar-refractivity contribution < 1.29 is 4.79 Å². The minimum absolute atomic E-state index is 0. The van der Waals surface area contributed by atoms with Crippen molar-refractivity contribution in [3.8, 4) is 0 Å². The number of likely N-dealkylation sites (tertiary alicyclic amines) is 1. The number of hydrogen-bond donors (Lipinski definition) is 2. The van der Waals surface area contributed by atoms with Crippen LogP contribution in [-0.4, -0.2) is 60.4 Å². The first-order valence-electron chi connectivity index (χ1n) is 11.8. The van der Waals surface area contributed by atoms with Gasteiger partial charge < -0.3 is 20.4 Å². The molecule has 1 saturated carbocycles. The zero-order chi connectivity index (χ0) is 20.8. The molecule has 2 aliphatic heterocycles. The third-order valence-corrected chi connectivity index (χ3v) is 6.99. The van der Waals surface area contributed by atoms with Crippen molar-refractivity contribution in [3.05, 3.63) is 35.4 Å². The molecule has 0 radical (unpaired) electrons. The van der Waals surface area contributed by atoms with Crippen LogP contribution in [0.25, 0.3) is 0 Å². The highest BCUT2D eigenvalue weighted by Gasteiger charge is 2.27. The smallest absolute Gasteiger partial charge is 0.223 e. The Balaban J connectivity index is 0.00000272. The van der Waals surface area contributed by atoms with E-state index in [1.165, 1.54) is 62.7 Å². The van der Waals surface area contributed by atoms with Gasteiger partial charge in [-0.2, -0.15) is 0 Å². The van der Waals surface area contributed by atoms with E-state index in [4.69, 9.17) is 0 Å². The molecule has 1 aliphatic carbocycles. The Morgan fingerprint density at radius 2 is 1.71 bits per heavy atom. The summed E-state index contributed by atoms with van der Waals surface area (Å²) < 4.78 is 0. The predicted molar refractivity (Wildman–Crippen MR) is 137 cm³/mol. The lowest BCUT2D eigenvalue weighted by Gasteiger charge is -2.36. The number of nitrogens with one attached hydrogen (secondary N) is 2. The first-order chi connectivity index (χ1) is 14.7. The molecular weight excluding hydrogens is 501 g/mol. The lowest BCUT2D eigenvalue weighted by molar-refractivity contribution is -0.131. The minimum atomic E-state index is 0. The molecule has 7 heteroatoms. The molecule has 4 rings (SSSR count). The number of carbonyl (C=O) groups is 1. The van der Waals surface area contributed by atoms with Crippen molar-refractivity contribution >= 4 is 35.8 Å². The zero-order valence-electron chi connectivity index (χ0n) is 18.8. The van der Waals surface area contributed by atoms with Crippen LogP contribution in [0, 0.1) is 0 Å². The van der Waals surface area contributed by atoms with Crippen LogP contribution in [-0.2, 0) is 17.9 Å². The van der Waals surface area contributed by atoms with Gasteiger partial charge in [0, 0.05) is 58.3 Å². The Morgan fingerprint density at radius 1 is 1.06 bits per heavy atom. The summed E-state index contributed by atoms with van der Waals surface area (Å²) in [6.45, 7) is 4.68. The van der Waals surface area contributed by atoms with Crippen molar-refractivity contribution in [3.63, 3.8) is 0 Å². The van der Waals surface area contributed by atoms with Crippen LogP contribution in [0.1, 0.15) is 62.5 Å². The maximum Gasteiger partial charge on any atom is 0.223 e. The Bertz CT molecular complexity index is 716. The standard InChI is InChI=1S/C24H37N5O.HI/c1-25-24(27-21-12-15-28(16-13-21)22-9-4-5-10-22)26-14-6-11-23(30)29-17-19-7-2-3-8-20(19)18-29;/h2-3,7-8,21-22H,4-6,9-18H2,1H3,(H2,25,26,27);1H. The van der Waals surface area contributed by atoms with Gasteiger partial charge in [-0.15, -0.1) is 24.0 Å². The van der Waals surface area contributed by atoms with Gasteiger partial charge in [-0.25, -0.2) is 0 Å². The number of nitrogens with zero attached hydrogens (tertiary/aromatic N) is 3. The molecule has 1 aromatic carbocycles. The predicted octanol–water partition coefficient (Wildman–Crippen LogP) is 3.50. The molecule has 0 spiro atoms. The van der Waals surface area contributed by atoms with E-state index in [0.29, 0.717) is 12.5 Å². The Morgan fingerprint density at radius 3 is 2.32 bits per heavy atom. The van der Waals surface area contributed by atoms with E-state index < -0.39 is 0 Å². The fourth-order valence-corrected chi connectivity index (χ4v) is 5.18. The molecule has 1 amide bonds. The molecule has 2 heterocycles. The highest BCUT2D eigenvalue weighted by atomic mass is 127. The second kappa shape index (κ2) is 12.0. The molecule has 0 aromatic heterocycles. The number of rotatable bonds is 6. The summed E-state index contributed by atoms with van der Waals surface area (Å²) in [5, 5.41) is 6.99. The first-order valence-corrected chi connectivity index (χ1v) is 11.8. The molecule has 172 valence electrons. The maximum atomic E-state index is 12.5. The van der Waals surface area contributed by atoms with E-state index >= 15 is 0 Å². The number of benzene rings is 1. The molecule has 3 aliphatic rings. The summed E-state index contributed by atoms with van der Waals surface area (Å²) in [5.41, 5.74) is 2.57. The molecule has 2 N–H and O–H groups in total. The second-order valence-electron chi connectivity index (χ2n) is 9.01. The average Bonchev–Trinajstić information content (AvgIpc) is 3.46. The number of piperidine rings is 1. The maximum absolute atomic E-state index is 12.5. The molecule has 0 bridgehead atoms. The molecule has 1 saturated heterocycles. The van der Waals surface area contributed by atoms with Crippen molar-refractivity contribution in [2.45, 2.75) is 76.5 Å². The average molecular weight is 540 g/mol. The monoisotopic (exact) mass is 539 g/mol. The lowest BCUT2D eigenvalue weighted by atomic mass is 10.0. The molecule has 1 aromatic rings. The quantitative estimate of drug-likeness (QED) is 0.252. The number of fused-ring (bicyclic) bond motifs is 1. The van der Waals surface area contributed by atoms with Crippen molar-refractivity contribution in [1.82, 2.24) is 20.4 Å². The summed E-state index contributed by atoms with van der Waals surface area (Å²) in [4.78, 5) is 21.6. The van der Waals surface area contributed by atoms with Crippen molar-refractivity contribution in [1.29, 1.82) is 0 Å². The third kappa shape index (κ3) is 6.57. The van der Waals surface area contributed by atoms with E-state index in [-0.39, 0.29) is 29.9 Å². The van der Waals surface area contributed by atoms with Crippen LogP contribution in [0.15, 0.2) is 29.3 Å². The number of amides is 1. The van der Waals surface area contributed by atoms with Gasteiger partial charge in [-0.05, 0) is 43.2 Å². The Hall–Kier alpha value is -1.35. The summed E-state index contributed by atoms with van der Waals surface area (Å²) in [6.07, 6.45) is 9.38. The van der Waals surface area contributed by atoms with Gasteiger partial charge in [0.1, 0.15) is 0 Å². The van der Waals surface area contributed by atoms with Crippen molar-refractivity contribution in [2.75, 3.05) is 26.7 Å². The normalized spacial score (nSPS) is 20.4. The number of halogens is 1. The van der Waals surface area contributed by atoms with E-state index in [2.05, 4.69) is 32.7 Å². The lowest BCUT2D eigenvalue weighted by Crippen LogP contribution is -2.50. The second-order valence-corrected chi connectivity index (χ2v) is 9.01. The first kappa shape index (κ1) is 24.3. The van der Waals surface area contributed by atoms with Gasteiger partial charge >= 0.3 is 0 Å². The fourth-order valence-electron chi connectivity index (χ4n) is 5.18. The van der Waals surface area contributed by atoms with Gasteiger partial charge in [0.25, 0.3) is 0 Å². The minimum Gasteiger partial charge on any atom is -0.356 e. The summed E-state index contributed by atoms with van der Waals surface area (Å²) in [6, 6.07) is 9.68. The van der Waals surface area contributed by atoms with Gasteiger partial charge in [-0.3, -0.25) is 9.79 Å². The largest absolute Gasteiger partial charge is 0.356 e. The Kier molecular flexibility index (Phi) is 9.44. The van der Waals surface area contributed by atoms with E-state index in [1.807, 2.05) is 24.1 Å². The van der Waals surface area contributed by atoms with Crippen LogP contribution >= 0.6 is 24.0 Å². The molecule has 0 unspecified atom stereocenters. The van der Waals surface area contributed by atoms with E-state index in [1.54, 1.807) is 0 Å². The SMILES string of the molecule is CN=C(NCCCC(=O)N1Cc2ccccc2C1)NC1CCN(C2CCCC2)CC1.I. The van der Waals surface area contributed by atoms with Crippen LogP contribution in [0.2, 0.25) is 0 Å². The molecular formula is C24H38IN5O. The topological polar surface area (TPSA) is 60.0 Å². The van der Waals surface area contributed by atoms with E-state index in [0.717, 1.165) is 38.1 Å². The molecule has 0 atom stereocenters. The Labute approximate surface area is 204 Å². The fraction of sp³-hybridized carbons (Fsp3) is 0.667. The highest BCUT2D eigenvalue weighted by molar-refractivity contribution is 14.0. The molecule has 6 nitrogen and oxygen atoms in total. The summed E-state index contributed by atoms with van der Waals surface area (Å²) >= 11 is 0. The van der Waals surface area contributed by atoms with Crippen LogP contribution in [0.4, 0.5) is 0 Å². The zero-order valence-corrected chi connectivity index (χ0v) is 21.1. The third-order valence-electron chi connectivity index (χ3n) is 6.99.